The number of aryl methyl sites for hydroxylation is 1. The first-order valence-electron chi connectivity index (χ1n) is 8.69. The first-order chi connectivity index (χ1) is 12.4. The Morgan fingerprint density at radius 2 is 1.73 bits per heavy atom. The van der Waals surface area contributed by atoms with E-state index in [2.05, 4.69) is 10.6 Å². The van der Waals surface area contributed by atoms with Crippen molar-refractivity contribution in [3.05, 3.63) is 65.2 Å². The molecule has 1 fully saturated rings. The second-order valence-electron chi connectivity index (χ2n) is 6.78. The standard InChI is InChI=1S/C21H22N2O3/c1-13-5-3-6-15(9-13)12-22-20(25)18-11-19(18)21(26)23-17-8-4-7-16(10-17)14(2)24/h3-10,18-19H,11-12H2,1-2H3,(H,22,25)(H,23,26). The quantitative estimate of drug-likeness (QED) is 0.786. The number of ketones is 1. The average Bonchev–Trinajstić information content (AvgIpc) is 3.41. The Morgan fingerprint density at radius 3 is 2.46 bits per heavy atom. The van der Waals surface area contributed by atoms with Gasteiger partial charge in [0.25, 0.3) is 0 Å². The van der Waals surface area contributed by atoms with E-state index in [1.807, 2.05) is 31.2 Å². The van der Waals surface area contributed by atoms with Gasteiger partial charge in [-0.15, -0.1) is 0 Å². The highest BCUT2D eigenvalue weighted by Crippen LogP contribution is 2.39. The van der Waals surface area contributed by atoms with Crippen LogP contribution in [-0.2, 0) is 16.1 Å². The highest BCUT2D eigenvalue weighted by molar-refractivity contribution is 6.01. The predicted molar refractivity (Wildman–Crippen MR) is 99.7 cm³/mol. The molecule has 2 amide bonds. The van der Waals surface area contributed by atoms with E-state index in [1.165, 1.54) is 6.92 Å². The van der Waals surface area contributed by atoms with E-state index < -0.39 is 0 Å². The Kier molecular flexibility index (Phi) is 5.16. The molecule has 2 aromatic carbocycles. The maximum Gasteiger partial charge on any atom is 0.228 e. The molecule has 2 atom stereocenters. The van der Waals surface area contributed by atoms with Crippen LogP contribution in [0.1, 0.15) is 34.8 Å². The first-order valence-corrected chi connectivity index (χ1v) is 8.69. The minimum absolute atomic E-state index is 0.0547. The molecular formula is C21H22N2O3. The zero-order chi connectivity index (χ0) is 18.7. The normalized spacial score (nSPS) is 18.1. The predicted octanol–water partition coefficient (Wildman–Crippen LogP) is 3.09. The summed E-state index contributed by atoms with van der Waals surface area (Å²) in [4.78, 5) is 36.0. The van der Waals surface area contributed by atoms with E-state index in [4.69, 9.17) is 0 Å². The van der Waals surface area contributed by atoms with Crippen LogP contribution in [0.25, 0.3) is 0 Å². The first kappa shape index (κ1) is 17.9. The van der Waals surface area contributed by atoms with Gasteiger partial charge in [-0.25, -0.2) is 0 Å². The highest BCUT2D eigenvalue weighted by Gasteiger charge is 2.47. The lowest BCUT2D eigenvalue weighted by Crippen LogP contribution is -2.27. The molecular weight excluding hydrogens is 328 g/mol. The molecule has 0 aliphatic heterocycles. The number of rotatable bonds is 6. The Hall–Kier alpha value is -2.95. The Bertz CT molecular complexity index is 860. The van der Waals surface area contributed by atoms with Gasteiger partial charge in [0.1, 0.15) is 0 Å². The molecule has 2 N–H and O–H groups in total. The van der Waals surface area contributed by atoms with Crippen LogP contribution in [0.4, 0.5) is 5.69 Å². The van der Waals surface area contributed by atoms with Gasteiger partial charge in [0.05, 0.1) is 11.8 Å². The zero-order valence-electron chi connectivity index (χ0n) is 14.9. The number of anilines is 1. The Labute approximate surface area is 152 Å². The van der Waals surface area contributed by atoms with Gasteiger partial charge in [0.15, 0.2) is 5.78 Å². The number of nitrogens with one attached hydrogen (secondary N) is 2. The van der Waals surface area contributed by atoms with E-state index in [0.29, 0.717) is 24.2 Å². The summed E-state index contributed by atoms with van der Waals surface area (Å²) in [6.45, 7) is 3.95. The fourth-order valence-corrected chi connectivity index (χ4v) is 2.97. The van der Waals surface area contributed by atoms with E-state index in [-0.39, 0.29) is 29.4 Å². The van der Waals surface area contributed by atoms with Crippen LogP contribution in [0.3, 0.4) is 0 Å². The van der Waals surface area contributed by atoms with Gasteiger partial charge in [0, 0.05) is 17.8 Å². The number of carbonyl (C=O) groups is 3. The molecule has 2 aromatic rings. The molecule has 0 bridgehead atoms. The van der Waals surface area contributed by atoms with Crippen molar-refractivity contribution in [2.75, 3.05) is 5.32 Å². The molecule has 134 valence electrons. The molecule has 1 saturated carbocycles. The Morgan fingerprint density at radius 1 is 1.00 bits per heavy atom. The van der Waals surface area contributed by atoms with Crippen LogP contribution in [0.2, 0.25) is 0 Å². The minimum atomic E-state index is -0.312. The van der Waals surface area contributed by atoms with E-state index >= 15 is 0 Å². The fraction of sp³-hybridized carbons (Fsp3) is 0.286. The third-order valence-electron chi connectivity index (χ3n) is 4.55. The number of hydrogen-bond donors (Lipinski definition) is 2. The summed E-state index contributed by atoms with van der Waals surface area (Å²) in [5.41, 5.74) is 3.31. The number of hydrogen-bond acceptors (Lipinski definition) is 3. The third kappa shape index (κ3) is 4.36. The third-order valence-corrected chi connectivity index (χ3v) is 4.55. The molecule has 0 heterocycles. The van der Waals surface area contributed by atoms with Crippen molar-refractivity contribution in [3.8, 4) is 0 Å². The molecule has 0 saturated heterocycles. The van der Waals surface area contributed by atoms with Crippen LogP contribution in [-0.4, -0.2) is 17.6 Å². The number of Topliss-reactive ketones (excluding diaryl/α,β-unsaturated/α-hetero) is 1. The molecule has 5 heteroatoms. The molecule has 1 aliphatic rings. The molecule has 0 aromatic heterocycles. The number of benzene rings is 2. The summed E-state index contributed by atoms with van der Waals surface area (Å²) in [6, 6.07) is 14.8. The van der Waals surface area contributed by atoms with Crippen molar-refractivity contribution in [3.63, 3.8) is 0 Å². The van der Waals surface area contributed by atoms with E-state index in [9.17, 15) is 14.4 Å². The largest absolute Gasteiger partial charge is 0.352 e. The molecule has 2 unspecified atom stereocenters. The van der Waals surface area contributed by atoms with Gasteiger partial charge in [-0.3, -0.25) is 14.4 Å². The van der Waals surface area contributed by atoms with Gasteiger partial charge in [-0.1, -0.05) is 42.0 Å². The lowest BCUT2D eigenvalue weighted by Gasteiger charge is -2.07. The van der Waals surface area contributed by atoms with Crippen molar-refractivity contribution in [1.29, 1.82) is 0 Å². The van der Waals surface area contributed by atoms with Crippen molar-refractivity contribution in [1.82, 2.24) is 5.32 Å². The molecule has 3 rings (SSSR count). The van der Waals surface area contributed by atoms with E-state index in [1.54, 1.807) is 24.3 Å². The molecule has 0 radical (unpaired) electrons. The highest BCUT2D eigenvalue weighted by atomic mass is 16.2. The number of carbonyl (C=O) groups excluding carboxylic acids is 3. The van der Waals surface area contributed by atoms with Crippen LogP contribution in [0.15, 0.2) is 48.5 Å². The molecule has 5 nitrogen and oxygen atoms in total. The summed E-state index contributed by atoms with van der Waals surface area (Å²) >= 11 is 0. The summed E-state index contributed by atoms with van der Waals surface area (Å²) in [5.74, 6) is -0.921. The monoisotopic (exact) mass is 350 g/mol. The summed E-state index contributed by atoms with van der Waals surface area (Å²) in [6.07, 6.45) is 0.553. The van der Waals surface area contributed by atoms with Crippen molar-refractivity contribution < 1.29 is 14.4 Å². The SMILES string of the molecule is CC(=O)c1cccc(NC(=O)C2CC2C(=O)NCc2cccc(C)c2)c1. The van der Waals surface area contributed by atoms with Gasteiger partial charge < -0.3 is 10.6 Å². The zero-order valence-corrected chi connectivity index (χ0v) is 14.9. The lowest BCUT2D eigenvalue weighted by molar-refractivity contribution is -0.125. The lowest BCUT2D eigenvalue weighted by atomic mass is 10.1. The second kappa shape index (κ2) is 7.52. The van der Waals surface area contributed by atoms with Crippen molar-refractivity contribution in [2.45, 2.75) is 26.8 Å². The summed E-state index contributed by atoms with van der Waals surface area (Å²) in [5, 5.41) is 5.69. The van der Waals surface area contributed by atoms with Gasteiger partial charge in [-0.2, -0.15) is 0 Å². The summed E-state index contributed by atoms with van der Waals surface area (Å²) in [7, 11) is 0. The fourth-order valence-electron chi connectivity index (χ4n) is 2.97. The van der Waals surface area contributed by atoms with Crippen LogP contribution < -0.4 is 10.6 Å². The van der Waals surface area contributed by atoms with Crippen LogP contribution in [0.5, 0.6) is 0 Å². The molecule has 0 spiro atoms. The molecule has 26 heavy (non-hydrogen) atoms. The maximum absolute atomic E-state index is 12.3. The molecule has 1 aliphatic carbocycles. The topological polar surface area (TPSA) is 75.3 Å². The van der Waals surface area contributed by atoms with Crippen molar-refractivity contribution >= 4 is 23.3 Å². The maximum atomic E-state index is 12.3. The summed E-state index contributed by atoms with van der Waals surface area (Å²) < 4.78 is 0. The average molecular weight is 350 g/mol. The van der Waals surface area contributed by atoms with Crippen LogP contribution >= 0.6 is 0 Å². The Balaban J connectivity index is 1.51. The minimum Gasteiger partial charge on any atom is -0.352 e. The van der Waals surface area contributed by atoms with Gasteiger partial charge >= 0.3 is 0 Å². The second-order valence-corrected chi connectivity index (χ2v) is 6.78. The van der Waals surface area contributed by atoms with E-state index in [0.717, 1.165) is 11.1 Å². The van der Waals surface area contributed by atoms with Gasteiger partial charge in [-0.05, 0) is 38.0 Å². The van der Waals surface area contributed by atoms with Gasteiger partial charge in [0.2, 0.25) is 11.8 Å². The smallest absolute Gasteiger partial charge is 0.228 e. The van der Waals surface area contributed by atoms with Crippen LogP contribution in [0, 0.1) is 18.8 Å². The number of amides is 2. The van der Waals surface area contributed by atoms with Crippen molar-refractivity contribution in [2.24, 2.45) is 11.8 Å².